The molecule has 0 radical (unpaired) electrons. The van der Waals surface area contributed by atoms with Crippen molar-refractivity contribution in [2.45, 2.75) is 18.2 Å². The predicted molar refractivity (Wildman–Crippen MR) is 94.5 cm³/mol. The zero-order valence-electron chi connectivity index (χ0n) is 12.7. The molecule has 22 heavy (non-hydrogen) atoms. The highest BCUT2D eigenvalue weighted by molar-refractivity contribution is 7.99. The zero-order valence-corrected chi connectivity index (χ0v) is 14.4. The van der Waals surface area contributed by atoms with Crippen molar-refractivity contribution in [2.75, 3.05) is 35.7 Å². The Morgan fingerprint density at radius 1 is 1.45 bits per heavy atom. The topological polar surface area (TPSA) is 56.1 Å². The molecule has 0 spiro atoms. The van der Waals surface area contributed by atoms with Crippen LogP contribution in [0, 0.1) is 17.2 Å². The highest BCUT2D eigenvalue weighted by atomic mass is 32.2. The van der Waals surface area contributed by atoms with Crippen LogP contribution in [0.2, 0.25) is 0 Å². The van der Waals surface area contributed by atoms with Gasteiger partial charge in [0.05, 0.1) is 17.7 Å². The molecular formula is C16H21N3OS2. The van der Waals surface area contributed by atoms with Crippen LogP contribution in [0.3, 0.4) is 0 Å². The zero-order chi connectivity index (χ0) is 15.8. The van der Waals surface area contributed by atoms with Crippen LogP contribution in [0.15, 0.2) is 29.2 Å². The number of carbonyl (C=O) groups excluding carboxylic acids is 1. The highest BCUT2D eigenvalue weighted by Gasteiger charge is 2.17. The van der Waals surface area contributed by atoms with Crippen molar-refractivity contribution in [1.29, 1.82) is 5.26 Å². The SMILES string of the molecule is C[C@H](C#N)CSc1ccccc1NC(=O)N1CCCSCC1. The van der Waals surface area contributed by atoms with Crippen molar-refractivity contribution >= 4 is 35.2 Å². The molecule has 0 aromatic heterocycles. The van der Waals surface area contributed by atoms with E-state index in [2.05, 4.69) is 11.4 Å². The van der Waals surface area contributed by atoms with E-state index in [1.165, 1.54) is 0 Å². The average Bonchev–Trinajstić information content (AvgIpc) is 2.83. The van der Waals surface area contributed by atoms with E-state index in [1.54, 1.807) is 11.8 Å². The fraction of sp³-hybridized carbons (Fsp3) is 0.500. The fourth-order valence-electron chi connectivity index (χ4n) is 2.09. The number of nitrogens with one attached hydrogen (secondary N) is 1. The molecule has 1 heterocycles. The van der Waals surface area contributed by atoms with Gasteiger partial charge in [0.15, 0.2) is 0 Å². The van der Waals surface area contributed by atoms with Gasteiger partial charge in [0, 0.05) is 29.5 Å². The lowest BCUT2D eigenvalue weighted by molar-refractivity contribution is 0.215. The van der Waals surface area contributed by atoms with Crippen LogP contribution in [-0.2, 0) is 0 Å². The first-order valence-corrected chi connectivity index (χ1v) is 9.60. The number of thioether (sulfide) groups is 2. The Hall–Kier alpha value is -1.32. The van der Waals surface area contributed by atoms with Crippen molar-refractivity contribution in [1.82, 2.24) is 4.90 Å². The van der Waals surface area contributed by atoms with Crippen molar-refractivity contribution in [2.24, 2.45) is 5.92 Å². The van der Waals surface area contributed by atoms with Crippen LogP contribution in [-0.4, -0.2) is 41.3 Å². The third kappa shape index (κ3) is 5.15. The lowest BCUT2D eigenvalue weighted by Crippen LogP contribution is -2.36. The quantitative estimate of drug-likeness (QED) is 0.848. The van der Waals surface area contributed by atoms with Gasteiger partial charge in [-0.1, -0.05) is 12.1 Å². The Morgan fingerprint density at radius 3 is 3.09 bits per heavy atom. The molecule has 1 saturated heterocycles. The summed E-state index contributed by atoms with van der Waals surface area (Å²) >= 11 is 3.52. The predicted octanol–water partition coefficient (Wildman–Crippen LogP) is 3.91. The molecule has 1 aromatic rings. The van der Waals surface area contributed by atoms with E-state index >= 15 is 0 Å². The molecule has 1 fully saturated rings. The Labute approximate surface area is 140 Å². The number of rotatable bonds is 4. The smallest absolute Gasteiger partial charge is 0.321 e. The van der Waals surface area contributed by atoms with Crippen LogP contribution in [0.25, 0.3) is 0 Å². The minimum atomic E-state index is -0.0242. The number of anilines is 1. The normalized spacial score (nSPS) is 16.5. The summed E-state index contributed by atoms with van der Waals surface area (Å²) in [6.45, 7) is 3.53. The molecule has 0 bridgehead atoms. The van der Waals surface area contributed by atoms with Crippen LogP contribution in [0.1, 0.15) is 13.3 Å². The summed E-state index contributed by atoms with van der Waals surface area (Å²) in [5, 5.41) is 11.9. The van der Waals surface area contributed by atoms with Crippen LogP contribution >= 0.6 is 23.5 Å². The molecule has 4 nitrogen and oxygen atoms in total. The second-order valence-corrected chi connectivity index (χ2v) is 7.51. The maximum Gasteiger partial charge on any atom is 0.321 e. The summed E-state index contributed by atoms with van der Waals surface area (Å²) in [5.74, 6) is 2.85. The molecule has 1 aromatic carbocycles. The van der Waals surface area contributed by atoms with Crippen LogP contribution in [0.5, 0.6) is 0 Å². The first-order valence-electron chi connectivity index (χ1n) is 7.46. The maximum atomic E-state index is 12.4. The maximum absolute atomic E-state index is 12.4. The number of hydrogen-bond donors (Lipinski definition) is 1. The minimum absolute atomic E-state index is 0.00334. The molecule has 1 aliphatic rings. The standard InChI is InChI=1S/C16H21N3OS2/c1-13(11-17)12-22-15-6-3-2-5-14(15)18-16(20)19-7-4-9-21-10-8-19/h2-3,5-6,13H,4,7-10,12H2,1H3,(H,18,20)/t13-/m1/s1. The lowest BCUT2D eigenvalue weighted by Gasteiger charge is -2.21. The van der Waals surface area contributed by atoms with Gasteiger partial charge >= 0.3 is 6.03 Å². The monoisotopic (exact) mass is 335 g/mol. The summed E-state index contributed by atoms with van der Waals surface area (Å²) in [7, 11) is 0. The van der Waals surface area contributed by atoms with Gasteiger partial charge in [0.25, 0.3) is 0 Å². The average molecular weight is 335 g/mol. The van der Waals surface area contributed by atoms with Crippen molar-refractivity contribution in [3.05, 3.63) is 24.3 Å². The van der Waals surface area contributed by atoms with E-state index in [0.29, 0.717) is 0 Å². The van der Waals surface area contributed by atoms with Crippen molar-refractivity contribution in [3.63, 3.8) is 0 Å². The number of amides is 2. The number of para-hydroxylation sites is 1. The summed E-state index contributed by atoms with van der Waals surface area (Å²) < 4.78 is 0. The summed E-state index contributed by atoms with van der Waals surface area (Å²) in [4.78, 5) is 15.3. The van der Waals surface area contributed by atoms with Gasteiger partial charge in [-0.05, 0) is 31.2 Å². The number of hydrogen-bond acceptors (Lipinski definition) is 4. The first-order chi connectivity index (χ1) is 10.7. The second kappa shape index (κ2) is 8.96. The Kier molecular flexibility index (Phi) is 6.94. The Morgan fingerprint density at radius 2 is 2.27 bits per heavy atom. The highest BCUT2D eigenvalue weighted by Crippen LogP contribution is 2.28. The van der Waals surface area contributed by atoms with Crippen molar-refractivity contribution < 1.29 is 4.79 Å². The Bertz CT molecular complexity index is 536. The van der Waals surface area contributed by atoms with E-state index < -0.39 is 0 Å². The van der Waals surface area contributed by atoms with Crippen LogP contribution < -0.4 is 5.32 Å². The number of nitrogens with zero attached hydrogens (tertiary/aromatic N) is 2. The number of benzene rings is 1. The number of urea groups is 1. The summed E-state index contributed by atoms with van der Waals surface area (Å²) in [5.41, 5.74) is 0.833. The molecule has 1 N–H and O–H groups in total. The van der Waals surface area contributed by atoms with E-state index in [0.717, 1.165) is 47.4 Å². The van der Waals surface area contributed by atoms with Gasteiger partial charge in [0.2, 0.25) is 0 Å². The molecule has 2 amide bonds. The number of nitriles is 1. The van der Waals surface area contributed by atoms with Crippen molar-refractivity contribution in [3.8, 4) is 6.07 Å². The van der Waals surface area contributed by atoms with Gasteiger partial charge in [-0.25, -0.2) is 4.79 Å². The van der Waals surface area contributed by atoms with E-state index in [-0.39, 0.29) is 11.9 Å². The van der Waals surface area contributed by atoms with E-state index in [4.69, 9.17) is 5.26 Å². The number of carbonyl (C=O) groups is 1. The van der Waals surface area contributed by atoms with Gasteiger partial charge in [0.1, 0.15) is 0 Å². The Balaban J connectivity index is 1.99. The molecular weight excluding hydrogens is 314 g/mol. The third-order valence-electron chi connectivity index (χ3n) is 3.35. The van der Waals surface area contributed by atoms with Gasteiger partial charge in [-0.15, -0.1) is 11.8 Å². The van der Waals surface area contributed by atoms with Gasteiger partial charge in [-0.2, -0.15) is 17.0 Å². The molecule has 2 rings (SSSR count). The largest absolute Gasteiger partial charge is 0.324 e. The molecule has 1 atom stereocenters. The molecule has 118 valence electrons. The summed E-state index contributed by atoms with van der Waals surface area (Å²) in [6.07, 6.45) is 1.05. The molecule has 0 aliphatic carbocycles. The van der Waals surface area contributed by atoms with E-state index in [1.807, 2.05) is 47.9 Å². The minimum Gasteiger partial charge on any atom is -0.324 e. The summed E-state index contributed by atoms with van der Waals surface area (Å²) in [6, 6.07) is 10.00. The molecule has 1 aliphatic heterocycles. The molecule has 0 saturated carbocycles. The van der Waals surface area contributed by atoms with Crippen LogP contribution in [0.4, 0.5) is 10.5 Å². The van der Waals surface area contributed by atoms with Gasteiger partial charge < -0.3 is 10.2 Å². The molecule has 6 heteroatoms. The van der Waals surface area contributed by atoms with E-state index in [9.17, 15) is 4.79 Å². The second-order valence-electron chi connectivity index (χ2n) is 5.22. The van der Waals surface area contributed by atoms with Gasteiger partial charge in [-0.3, -0.25) is 0 Å². The first kappa shape index (κ1) is 17.0. The lowest BCUT2D eigenvalue weighted by atomic mass is 10.3. The molecule has 0 unspecified atom stereocenters. The third-order valence-corrected chi connectivity index (χ3v) is 5.73. The fourth-order valence-corrected chi connectivity index (χ4v) is 3.93.